The molecular weight excluding hydrogens is 385 g/mol. The molecular formula is C16H13Cl2N3O3S. The average molecular weight is 398 g/mol. The molecule has 2 heterocycles. The molecule has 9 heteroatoms. The molecule has 4 amide bonds. The van der Waals surface area contributed by atoms with E-state index >= 15 is 0 Å². The number of benzene rings is 1. The summed E-state index contributed by atoms with van der Waals surface area (Å²) >= 11 is 13.1. The fourth-order valence-electron chi connectivity index (χ4n) is 2.49. The normalized spacial score (nSPS) is 19.9. The number of hydrogen-bond acceptors (Lipinski definition) is 4. The Bertz CT molecular complexity index is 856. The lowest BCUT2D eigenvalue weighted by atomic mass is 10.0. The van der Waals surface area contributed by atoms with Gasteiger partial charge in [0.15, 0.2) is 5.54 Å². The lowest BCUT2D eigenvalue weighted by Gasteiger charge is -2.20. The molecule has 0 spiro atoms. The molecule has 0 saturated carbocycles. The van der Waals surface area contributed by atoms with Gasteiger partial charge in [-0.3, -0.25) is 14.5 Å². The third-order valence-electron chi connectivity index (χ3n) is 3.79. The molecule has 2 N–H and O–H groups in total. The van der Waals surface area contributed by atoms with Crippen LogP contribution in [0.25, 0.3) is 0 Å². The Morgan fingerprint density at radius 2 is 2.04 bits per heavy atom. The summed E-state index contributed by atoms with van der Waals surface area (Å²) in [6.07, 6.45) is 0. The number of amides is 4. The summed E-state index contributed by atoms with van der Waals surface area (Å²) in [5.41, 5.74) is -0.734. The van der Waals surface area contributed by atoms with Crippen LogP contribution >= 0.6 is 34.5 Å². The predicted molar refractivity (Wildman–Crippen MR) is 97.0 cm³/mol. The molecule has 3 rings (SSSR count). The van der Waals surface area contributed by atoms with Gasteiger partial charge < -0.3 is 10.6 Å². The molecule has 6 nitrogen and oxygen atoms in total. The van der Waals surface area contributed by atoms with Crippen LogP contribution in [-0.4, -0.2) is 29.3 Å². The SMILES string of the molecule is CC1(c2cccs2)NC(=O)N(CC(=O)Nc2ccc(Cl)c(Cl)c2)C1=O. The summed E-state index contributed by atoms with van der Waals surface area (Å²) in [6, 6.07) is 7.57. The van der Waals surface area contributed by atoms with Gasteiger partial charge in [-0.15, -0.1) is 11.3 Å². The van der Waals surface area contributed by atoms with Crippen LogP contribution in [-0.2, 0) is 15.1 Å². The second-order valence-electron chi connectivity index (χ2n) is 5.60. The second-order valence-corrected chi connectivity index (χ2v) is 7.36. The third-order valence-corrected chi connectivity index (χ3v) is 5.62. The molecule has 1 unspecified atom stereocenters. The van der Waals surface area contributed by atoms with E-state index in [-0.39, 0.29) is 0 Å². The predicted octanol–water partition coefficient (Wildman–Crippen LogP) is 3.46. The van der Waals surface area contributed by atoms with Gasteiger partial charge in [0.05, 0.1) is 10.0 Å². The van der Waals surface area contributed by atoms with E-state index in [1.165, 1.54) is 17.4 Å². The van der Waals surface area contributed by atoms with Crippen molar-refractivity contribution in [1.82, 2.24) is 10.2 Å². The zero-order chi connectivity index (χ0) is 18.2. The molecule has 0 aliphatic carbocycles. The summed E-state index contributed by atoms with van der Waals surface area (Å²) in [5.74, 6) is -0.985. The first-order chi connectivity index (χ1) is 11.8. The van der Waals surface area contributed by atoms with Crippen LogP contribution in [0.15, 0.2) is 35.7 Å². The van der Waals surface area contributed by atoms with Crippen LogP contribution in [0.4, 0.5) is 10.5 Å². The van der Waals surface area contributed by atoms with E-state index in [1.807, 2.05) is 5.38 Å². The topological polar surface area (TPSA) is 78.5 Å². The molecule has 2 aromatic rings. The number of nitrogens with one attached hydrogen (secondary N) is 2. The van der Waals surface area contributed by atoms with Crippen molar-refractivity contribution in [3.8, 4) is 0 Å². The van der Waals surface area contributed by atoms with Gasteiger partial charge in [0.2, 0.25) is 5.91 Å². The van der Waals surface area contributed by atoms with Gasteiger partial charge >= 0.3 is 6.03 Å². The number of carbonyl (C=O) groups is 3. The zero-order valence-corrected chi connectivity index (χ0v) is 15.3. The van der Waals surface area contributed by atoms with Crippen molar-refractivity contribution in [2.75, 3.05) is 11.9 Å². The molecule has 0 bridgehead atoms. The van der Waals surface area contributed by atoms with Gasteiger partial charge in [-0.25, -0.2) is 4.79 Å². The van der Waals surface area contributed by atoms with E-state index in [4.69, 9.17) is 23.2 Å². The Morgan fingerprint density at radius 3 is 2.68 bits per heavy atom. The van der Waals surface area contributed by atoms with E-state index in [2.05, 4.69) is 10.6 Å². The van der Waals surface area contributed by atoms with Crippen molar-refractivity contribution in [1.29, 1.82) is 0 Å². The number of carbonyl (C=O) groups excluding carboxylic acids is 3. The quantitative estimate of drug-likeness (QED) is 0.775. The minimum absolute atomic E-state index is 0.291. The standard InChI is InChI=1S/C16H13Cl2N3O3S/c1-16(12-3-2-6-25-12)14(23)21(15(24)20-16)8-13(22)19-9-4-5-10(17)11(18)7-9/h2-7H,8H2,1H3,(H,19,22)(H,20,24). The van der Waals surface area contributed by atoms with Crippen LogP contribution in [0.5, 0.6) is 0 Å². The smallest absolute Gasteiger partial charge is 0.324 e. The number of urea groups is 1. The molecule has 1 aromatic carbocycles. The summed E-state index contributed by atoms with van der Waals surface area (Å²) in [5, 5.41) is 7.71. The number of thiophene rings is 1. The lowest BCUT2D eigenvalue weighted by molar-refractivity contribution is -0.133. The highest BCUT2D eigenvalue weighted by molar-refractivity contribution is 7.10. The van der Waals surface area contributed by atoms with Crippen molar-refractivity contribution in [3.63, 3.8) is 0 Å². The monoisotopic (exact) mass is 397 g/mol. The minimum atomic E-state index is -1.16. The maximum Gasteiger partial charge on any atom is 0.325 e. The van der Waals surface area contributed by atoms with Gasteiger partial charge in [-0.05, 0) is 36.6 Å². The lowest BCUT2D eigenvalue weighted by Crippen LogP contribution is -2.41. The first-order valence-corrected chi connectivity index (χ1v) is 8.88. The Kier molecular flexibility index (Phi) is 4.73. The maximum atomic E-state index is 12.7. The molecule has 1 aliphatic heterocycles. The summed E-state index contributed by atoms with van der Waals surface area (Å²) in [7, 11) is 0. The first kappa shape index (κ1) is 17.7. The highest BCUT2D eigenvalue weighted by Crippen LogP contribution is 2.32. The zero-order valence-electron chi connectivity index (χ0n) is 13.0. The van der Waals surface area contributed by atoms with Crippen molar-refractivity contribution in [3.05, 3.63) is 50.6 Å². The fourth-order valence-corrected chi connectivity index (χ4v) is 3.62. The molecule has 1 atom stereocenters. The van der Waals surface area contributed by atoms with E-state index in [1.54, 1.807) is 31.2 Å². The van der Waals surface area contributed by atoms with Crippen LogP contribution in [0.2, 0.25) is 10.0 Å². The van der Waals surface area contributed by atoms with Crippen LogP contribution in [0, 0.1) is 0 Å². The fraction of sp³-hybridized carbons (Fsp3) is 0.188. The van der Waals surface area contributed by atoms with Crippen LogP contribution in [0.3, 0.4) is 0 Å². The molecule has 130 valence electrons. The largest absolute Gasteiger partial charge is 0.325 e. The third kappa shape index (κ3) is 3.35. The molecule has 1 fully saturated rings. The van der Waals surface area contributed by atoms with Crippen molar-refractivity contribution in [2.45, 2.75) is 12.5 Å². The summed E-state index contributed by atoms with van der Waals surface area (Å²) in [4.78, 5) is 38.6. The van der Waals surface area contributed by atoms with Crippen molar-refractivity contribution < 1.29 is 14.4 Å². The van der Waals surface area contributed by atoms with E-state index in [9.17, 15) is 14.4 Å². The highest BCUT2D eigenvalue weighted by atomic mass is 35.5. The first-order valence-electron chi connectivity index (χ1n) is 7.24. The van der Waals surface area contributed by atoms with Gasteiger partial charge in [0, 0.05) is 10.6 Å². The molecule has 1 aliphatic rings. The number of anilines is 1. The van der Waals surface area contributed by atoms with Crippen LogP contribution in [0.1, 0.15) is 11.8 Å². The number of nitrogens with zero attached hydrogens (tertiary/aromatic N) is 1. The van der Waals surface area contributed by atoms with E-state index in [0.717, 1.165) is 4.90 Å². The number of halogens is 2. The maximum absolute atomic E-state index is 12.7. The summed E-state index contributed by atoms with van der Waals surface area (Å²) in [6.45, 7) is 1.22. The number of rotatable bonds is 4. The Morgan fingerprint density at radius 1 is 1.28 bits per heavy atom. The number of imide groups is 1. The van der Waals surface area contributed by atoms with Gasteiger partial charge in [0.1, 0.15) is 6.54 Å². The molecule has 0 radical (unpaired) electrons. The van der Waals surface area contributed by atoms with Crippen LogP contribution < -0.4 is 10.6 Å². The van der Waals surface area contributed by atoms with Crippen molar-refractivity contribution >= 4 is 58.1 Å². The minimum Gasteiger partial charge on any atom is -0.324 e. The van der Waals surface area contributed by atoms with Gasteiger partial charge in [-0.2, -0.15) is 0 Å². The Balaban J connectivity index is 1.72. The Hall–Kier alpha value is -2.09. The number of hydrogen-bond donors (Lipinski definition) is 2. The van der Waals surface area contributed by atoms with Gasteiger partial charge in [0.25, 0.3) is 5.91 Å². The van der Waals surface area contributed by atoms with Crippen molar-refractivity contribution in [2.24, 2.45) is 0 Å². The average Bonchev–Trinajstić information content (AvgIpc) is 3.16. The van der Waals surface area contributed by atoms with E-state index < -0.39 is 29.9 Å². The molecule has 1 saturated heterocycles. The molecule has 25 heavy (non-hydrogen) atoms. The highest BCUT2D eigenvalue weighted by Gasteiger charge is 2.50. The summed E-state index contributed by atoms with van der Waals surface area (Å²) < 4.78 is 0. The van der Waals surface area contributed by atoms with E-state index in [0.29, 0.717) is 20.6 Å². The molecule has 1 aromatic heterocycles. The second kappa shape index (κ2) is 6.67. The van der Waals surface area contributed by atoms with Gasteiger partial charge in [-0.1, -0.05) is 29.3 Å². The Labute approximate surface area is 157 Å².